The van der Waals surface area contributed by atoms with Gasteiger partial charge < -0.3 is 9.84 Å². The minimum atomic E-state index is 0.0559. The topological polar surface area (TPSA) is 29.5 Å². The molecule has 1 aromatic carbocycles. The Morgan fingerprint density at radius 2 is 2.08 bits per heavy atom. The maximum atomic E-state index is 8.42. The minimum absolute atomic E-state index is 0.0559. The molecule has 0 amide bonds. The molecule has 0 bridgehead atoms. The molecule has 70 valence electrons. The first-order valence-corrected chi connectivity index (χ1v) is 4.90. The third kappa shape index (κ3) is 4.60. The Labute approximate surface area is 82.2 Å². The number of hydrogen-bond donors (Lipinski definition) is 1. The van der Waals surface area contributed by atoms with E-state index >= 15 is 0 Å². The van der Waals surface area contributed by atoms with Crippen molar-refractivity contribution in [3.63, 3.8) is 0 Å². The highest BCUT2D eigenvalue weighted by Gasteiger charge is 1.85. The standard InChI is InChI=1S/C10H12O2S/c11-6-7-12-8-9-13-10-4-2-1-3-5-10/h1-5,8-9,11H,6-7H2/b9-8+. The summed E-state index contributed by atoms with van der Waals surface area (Å²) in [5, 5.41) is 10.3. The second kappa shape index (κ2) is 6.57. The molecule has 0 radical (unpaired) electrons. The molecule has 0 saturated carbocycles. The Morgan fingerprint density at radius 1 is 1.31 bits per heavy atom. The van der Waals surface area contributed by atoms with Gasteiger partial charge in [-0.2, -0.15) is 0 Å². The summed E-state index contributed by atoms with van der Waals surface area (Å²) in [6.45, 7) is 0.409. The Bertz CT molecular complexity index is 246. The van der Waals surface area contributed by atoms with Crippen LogP contribution in [0.4, 0.5) is 0 Å². The van der Waals surface area contributed by atoms with Crippen molar-refractivity contribution in [2.75, 3.05) is 13.2 Å². The summed E-state index contributed by atoms with van der Waals surface area (Å²) < 4.78 is 4.95. The van der Waals surface area contributed by atoms with E-state index in [-0.39, 0.29) is 6.61 Å². The zero-order valence-electron chi connectivity index (χ0n) is 7.22. The van der Waals surface area contributed by atoms with E-state index in [1.165, 1.54) is 4.90 Å². The predicted octanol–water partition coefficient (Wildman–Crippen LogP) is 2.26. The number of benzene rings is 1. The van der Waals surface area contributed by atoms with E-state index in [0.29, 0.717) is 6.61 Å². The average Bonchev–Trinajstić information content (AvgIpc) is 2.19. The van der Waals surface area contributed by atoms with Crippen molar-refractivity contribution in [2.45, 2.75) is 4.90 Å². The molecular formula is C10H12O2S. The molecule has 13 heavy (non-hydrogen) atoms. The van der Waals surface area contributed by atoms with E-state index < -0.39 is 0 Å². The molecule has 0 heterocycles. The summed E-state index contributed by atoms with van der Waals surface area (Å²) in [7, 11) is 0. The van der Waals surface area contributed by atoms with Crippen molar-refractivity contribution in [2.24, 2.45) is 0 Å². The van der Waals surface area contributed by atoms with Gasteiger partial charge in [0.05, 0.1) is 12.9 Å². The smallest absolute Gasteiger partial charge is 0.110 e. The van der Waals surface area contributed by atoms with Crippen LogP contribution in [0.1, 0.15) is 0 Å². The third-order valence-corrected chi connectivity index (χ3v) is 2.10. The molecular weight excluding hydrogens is 184 g/mol. The van der Waals surface area contributed by atoms with Crippen LogP contribution in [0.3, 0.4) is 0 Å². The van der Waals surface area contributed by atoms with Crippen LogP contribution < -0.4 is 0 Å². The predicted molar refractivity (Wildman–Crippen MR) is 54.5 cm³/mol. The van der Waals surface area contributed by atoms with Crippen molar-refractivity contribution in [3.05, 3.63) is 42.0 Å². The molecule has 3 heteroatoms. The number of aliphatic hydroxyl groups is 1. The van der Waals surface area contributed by atoms with Crippen molar-refractivity contribution < 1.29 is 9.84 Å². The van der Waals surface area contributed by atoms with E-state index in [4.69, 9.17) is 9.84 Å². The molecule has 0 aliphatic heterocycles. The van der Waals surface area contributed by atoms with Gasteiger partial charge in [-0.3, -0.25) is 0 Å². The lowest BCUT2D eigenvalue weighted by atomic mass is 10.4. The maximum absolute atomic E-state index is 8.42. The lowest BCUT2D eigenvalue weighted by molar-refractivity contribution is 0.166. The normalized spacial score (nSPS) is 10.5. The molecule has 0 saturated heterocycles. The second-order valence-electron chi connectivity index (χ2n) is 2.30. The van der Waals surface area contributed by atoms with Gasteiger partial charge in [0.1, 0.15) is 6.61 Å². The number of hydrogen-bond acceptors (Lipinski definition) is 3. The highest BCUT2D eigenvalue weighted by molar-refractivity contribution is 8.02. The fraction of sp³-hybridized carbons (Fsp3) is 0.200. The Morgan fingerprint density at radius 3 is 2.77 bits per heavy atom. The van der Waals surface area contributed by atoms with Crippen LogP contribution in [0.15, 0.2) is 46.9 Å². The quantitative estimate of drug-likeness (QED) is 0.445. The summed E-state index contributed by atoms with van der Waals surface area (Å²) >= 11 is 1.58. The summed E-state index contributed by atoms with van der Waals surface area (Å²) in [6.07, 6.45) is 1.59. The van der Waals surface area contributed by atoms with Crippen molar-refractivity contribution >= 4 is 11.8 Å². The third-order valence-electron chi connectivity index (χ3n) is 1.31. The molecule has 0 fully saturated rings. The molecule has 0 atom stereocenters. The largest absolute Gasteiger partial charge is 0.498 e. The van der Waals surface area contributed by atoms with Gasteiger partial charge >= 0.3 is 0 Å². The zero-order valence-corrected chi connectivity index (χ0v) is 8.04. The highest BCUT2D eigenvalue weighted by atomic mass is 32.2. The van der Waals surface area contributed by atoms with E-state index in [2.05, 4.69) is 0 Å². The van der Waals surface area contributed by atoms with Crippen LogP contribution >= 0.6 is 11.8 Å². The summed E-state index contributed by atoms with van der Waals surface area (Å²) in [6, 6.07) is 10.0. The zero-order chi connectivity index (χ0) is 9.36. The van der Waals surface area contributed by atoms with Crippen LogP contribution in [-0.4, -0.2) is 18.3 Å². The molecule has 0 aliphatic rings. The molecule has 1 rings (SSSR count). The molecule has 2 nitrogen and oxygen atoms in total. The monoisotopic (exact) mass is 196 g/mol. The SMILES string of the molecule is OCCO/C=C/Sc1ccccc1. The number of aliphatic hydroxyl groups excluding tert-OH is 1. The number of thioether (sulfide) groups is 1. The first kappa shape index (κ1) is 10.2. The first-order valence-electron chi connectivity index (χ1n) is 4.02. The van der Waals surface area contributed by atoms with Crippen molar-refractivity contribution in [1.82, 2.24) is 0 Å². The van der Waals surface area contributed by atoms with Crippen LogP contribution in [-0.2, 0) is 4.74 Å². The molecule has 0 spiro atoms. The number of ether oxygens (including phenoxy) is 1. The summed E-state index contributed by atoms with van der Waals surface area (Å²) in [4.78, 5) is 1.17. The van der Waals surface area contributed by atoms with Crippen LogP contribution in [0, 0.1) is 0 Å². The molecule has 1 aromatic rings. The van der Waals surface area contributed by atoms with Crippen molar-refractivity contribution in [3.8, 4) is 0 Å². The van der Waals surface area contributed by atoms with Gasteiger partial charge in [0, 0.05) is 10.3 Å². The van der Waals surface area contributed by atoms with E-state index in [1.54, 1.807) is 18.0 Å². The van der Waals surface area contributed by atoms with E-state index in [0.717, 1.165) is 0 Å². The lowest BCUT2D eigenvalue weighted by Gasteiger charge is -1.95. The molecule has 1 N–H and O–H groups in total. The average molecular weight is 196 g/mol. The first-order chi connectivity index (χ1) is 6.43. The highest BCUT2D eigenvalue weighted by Crippen LogP contribution is 2.17. The fourth-order valence-electron chi connectivity index (χ4n) is 0.765. The minimum Gasteiger partial charge on any atom is -0.498 e. The Balaban J connectivity index is 2.23. The van der Waals surface area contributed by atoms with Gasteiger partial charge in [0.2, 0.25) is 0 Å². The van der Waals surface area contributed by atoms with Gasteiger partial charge in [-0.05, 0) is 12.1 Å². The van der Waals surface area contributed by atoms with Crippen LogP contribution in [0.2, 0.25) is 0 Å². The fourth-order valence-corrected chi connectivity index (χ4v) is 1.37. The van der Waals surface area contributed by atoms with Gasteiger partial charge in [0.25, 0.3) is 0 Å². The Kier molecular flexibility index (Phi) is 5.13. The van der Waals surface area contributed by atoms with Crippen LogP contribution in [0.5, 0.6) is 0 Å². The second-order valence-corrected chi connectivity index (χ2v) is 3.28. The van der Waals surface area contributed by atoms with E-state index in [9.17, 15) is 0 Å². The Hall–Kier alpha value is -0.930. The van der Waals surface area contributed by atoms with Gasteiger partial charge in [-0.25, -0.2) is 0 Å². The molecule has 0 aromatic heterocycles. The summed E-state index contributed by atoms with van der Waals surface area (Å²) in [5.74, 6) is 0. The van der Waals surface area contributed by atoms with E-state index in [1.807, 2.05) is 35.7 Å². The van der Waals surface area contributed by atoms with Crippen molar-refractivity contribution in [1.29, 1.82) is 0 Å². The molecule has 0 unspecified atom stereocenters. The number of rotatable bonds is 5. The van der Waals surface area contributed by atoms with Gasteiger partial charge in [-0.15, -0.1) is 0 Å². The van der Waals surface area contributed by atoms with Gasteiger partial charge in [-0.1, -0.05) is 30.0 Å². The van der Waals surface area contributed by atoms with Crippen LogP contribution in [0.25, 0.3) is 0 Å². The lowest BCUT2D eigenvalue weighted by Crippen LogP contribution is -1.91. The maximum Gasteiger partial charge on any atom is 0.110 e. The molecule has 0 aliphatic carbocycles. The van der Waals surface area contributed by atoms with Gasteiger partial charge in [0.15, 0.2) is 0 Å². The summed E-state index contributed by atoms with van der Waals surface area (Å²) in [5.41, 5.74) is 0.